The third-order valence-electron chi connectivity index (χ3n) is 5.61. The molecule has 4 rings (SSSR count). The lowest BCUT2D eigenvalue weighted by atomic mass is 9.96. The minimum absolute atomic E-state index is 0.187. The van der Waals surface area contributed by atoms with Gasteiger partial charge in [0.1, 0.15) is 17.1 Å². The third-order valence-corrected chi connectivity index (χ3v) is 5.61. The summed E-state index contributed by atoms with van der Waals surface area (Å²) in [5.74, 6) is 1.25. The van der Waals surface area contributed by atoms with Gasteiger partial charge in [-0.05, 0) is 43.2 Å². The van der Waals surface area contributed by atoms with Crippen molar-refractivity contribution in [3.8, 4) is 22.6 Å². The lowest BCUT2D eigenvalue weighted by molar-refractivity contribution is -0.116. The van der Waals surface area contributed by atoms with Crippen LogP contribution in [-0.2, 0) is 11.3 Å². The number of ether oxygens (including phenoxy) is 2. The molecule has 0 bridgehead atoms. The van der Waals surface area contributed by atoms with Gasteiger partial charge >= 0.3 is 0 Å². The summed E-state index contributed by atoms with van der Waals surface area (Å²) >= 11 is 0. The molecule has 0 aliphatic rings. The van der Waals surface area contributed by atoms with E-state index in [4.69, 9.17) is 13.9 Å². The zero-order valence-electron chi connectivity index (χ0n) is 19.1. The van der Waals surface area contributed by atoms with Gasteiger partial charge in [-0.2, -0.15) is 0 Å². The lowest BCUT2D eigenvalue weighted by Gasteiger charge is -2.14. The number of nitrogens with zero attached hydrogens (tertiary/aromatic N) is 1. The van der Waals surface area contributed by atoms with Gasteiger partial charge < -0.3 is 19.2 Å². The Hall–Kier alpha value is -4.06. The van der Waals surface area contributed by atoms with Crippen molar-refractivity contribution in [3.05, 3.63) is 83.9 Å². The number of carbonyl (C=O) groups is 1. The highest BCUT2D eigenvalue weighted by atomic mass is 16.5. The number of methoxy groups -OCH3 is 2. The highest BCUT2D eigenvalue weighted by molar-refractivity contribution is 6.02. The van der Waals surface area contributed by atoms with Crippen LogP contribution < -0.4 is 14.8 Å². The molecule has 0 saturated carbocycles. The van der Waals surface area contributed by atoms with Crippen LogP contribution in [-0.4, -0.2) is 25.1 Å². The van der Waals surface area contributed by atoms with Gasteiger partial charge in [-0.25, -0.2) is 0 Å². The Balaban J connectivity index is 1.73. The zero-order chi connectivity index (χ0) is 23.4. The Labute approximate surface area is 192 Å². The first-order valence-electron chi connectivity index (χ1n) is 10.6. The number of nitrogens with one attached hydrogen (secondary N) is 1. The van der Waals surface area contributed by atoms with E-state index in [1.54, 1.807) is 39.0 Å². The number of amides is 1. The molecule has 33 heavy (non-hydrogen) atoms. The van der Waals surface area contributed by atoms with Crippen LogP contribution in [0.4, 0.5) is 0 Å². The number of para-hydroxylation sites is 1. The standard InChI is InChI=1S/C27H26N2O4/c1-17(12-25(30)29-15-19-8-7-11-28-14-19)21-13-22-23(20-9-5-6-10-24(20)31-3)16-33-27(22)18(2)26(21)32-4/h5-14,16H,15H2,1-4H3,(H,29,30)/b17-12+. The van der Waals surface area contributed by atoms with E-state index in [-0.39, 0.29) is 5.91 Å². The average Bonchev–Trinajstić information content (AvgIpc) is 3.27. The quantitative estimate of drug-likeness (QED) is 0.381. The third kappa shape index (κ3) is 4.46. The topological polar surface area (TPSA) is 73.6 Å². The minimum atomic E-state index is -0.187. The van der Waals surface area contributed by atoms with Gasteiger partial charge in [-0.1, -0.05) is 24.3 Å². The predicted molar refractivity (Wildman–Crippen MR) is 129 cm³/mol. The Bertz CT molecular complexity index is 1320. The summed E-state index contributed by atoms with van der Waals surface area (Å²) in [5.41, 5.74) is 6.02. The molecule has 2 aromatic carbocycles. The molecule has 6 heteroatoms. The number of carbonyl (C=O) groups excluding carboxylic acids is 1. The predicted octanol–water partition coefficient (Wildman–Crippen LogP) is 5.54. The number of pyridine rings is 1. The van der Waals surface area contributed by atoms with Gasteiger partial charge in [0.15, 0.2) is 0 Å². The molecule has 0 aliphatic heterocycles. The number of furan rings is 1. The summed E-state index contributed by atoms with van der Waals surface area (Å²) in [6, 6.07) is 13.6. The first kappa shape index (κ1) is 22.1. The molecule has 1 N–H and O–H groups in total. The molecule has 0 fully saturated rings. The van der Waals surface area contributed by atoms with Gasteiger partial charge in [0.05, 0.1) is 20.5 Å². The van der Waals surface area contributed by atoms with Gasteiger partial charge in [-0.3, -0.25) is 9.78 Å². The molecule has 1 amide bonds. The monoisotopic (exact) mass is 442 g/mol. The van der Waals surface area contributed by atoms with Crippen molar-refractivity contribution in [2.45, 2.75) is 20.4 Å². The highest BCUT2D eigenvalue weighted by Gasteiger charge is 2.20. The molecule has 2 aromatic heterocycles. The maximum absolute atomic E-state index is 12.6. The molecule has 0 radical (unpaired) electrons. The molecule has 0 unspecified atom stereocenters. The molecule has 2 heterocycles. The fraction of sp³-hybridized carbons (Fsp3) is 0.185. The number of fused-ring (bicyclic) bond motifs is 1. The molecular formula is C27H26N2O4. The Kier molecular flexibility index (Phi) is 6.45. The van der Waals surface area contributed by atoms with E-state index >= 15 is 0 Å². The molecular weight excluding hydrogens is 416 g/mol. The second-order valence-electron chi connectivity index (χ2n) is 7.72. The maximum Gasteiger partial charge on any atom is 0.244 e. The number of hydrogen-bond acceptors (Lipinski definition) is 5. The Morgan fingerprint density at radius 3 is 2.67 bits per heavy atom. The van der Waals surface area contributed by atoms with Crippen molar-refractivity contribution in [1.82, 2.24) is 10.3 Å². The van der Waals surface area contributed by atoms with E-state index in [2.05, 4.69) is 10.3 Å². The summed E-state index contributed by atoms with van der Waals surface area (Å²) in [5, 5.41) is 3.83. The van der Waals surface area contributed by atoms with E-state index < -0.39 is 0 Å². The van der Waals surface area contributed by atoms with Crippen molar-refractivity contribution >= 4 is 22.4 Å². The summed E-state index contributed by atoms with van der Waals surface area (Å²) in [6.07, 6.45) is 6.76. The van der Waals surface area contributed by atoms with Crippen LogP contribution in [0.1, 0.15) is 23.6 Å². The molecule has 0 atom stereocenters. The van der Waals surface area contributed by atoms with Crippen molar-refractivity contribution in [2.24, 2.45) is 0 Å². The zero-order valence-corrected chi connectivity index (χ0v) is 19.1. The van der Waals surface area contributed by atoms with Gasteiger partial charge in [0.2, 0.25) is 5.91 Å². The van der Waals surface area contributed by atoms with E-state index in [1.807, 2.05) is 56.3 Å². The van der Waals surface area contributed by atoms with Crippen LogP contribution >= 0.6 is 0 Å². The number of rotatable bonds is 7. The van der Waals surface area contributed by atoms with E-state index in [1.165, 1.54) is 0 Å². The second kappa shape index (κ2) is 9.61. The van der Waals surface area contributed by atoms with E-state index in [0.29, 0.717) is 12.3 Å². The molecule has 0 saturated heterocycles. The van der Waals surface area contributed by atoms with Crippen LogP contribution in [0.3, 0.4) is 0 Å². The first-order chi connectivity index (χ1) is 16.0. The Morgan fingerprint density at radius 2 is 1.94 bits per heavy atom. The fourth-order valence-electron chi connectivity index (χ4n) is 3.96. The largest absolute Gasteiger partial charge is 0.496 e. The number of hydrogen-bond donors (Lipinski definition) is 1. The summed E-state index contributed by atoms with van der Waals surface area (Å²) in [7, 11) is 3.27. The van der Waals surface area contributed by atoms with Crippen LogP contribution in [0, 0.1) is 6.92 Å². The van der Waals surface area contributed by atoms with Gasteiger partial charge in [-0.15, -0.1) is 0 Å². The van der Waals surface area contributed by atoms with Crippen LogP contribution in [0.2, 0.25) is 0 Å². The summed E-state index contributed by atoms with van der Waals surface area (Å²) in [4.78, 5) is 16.7. The van der Waals surface area contributed by atoms with Crippen molar-refractivity contribution in [1.29, 1.82) is 0 Å². The molecule has 0 aliphatic carbocycles. The van der Waals surface area contributed by atoms with Crippen LogP contribution in [0.5, 0.6) is 11.5 Å². The fourth-order valence-corrected chi connectivity index (χ4v) is 3.96. The number of allylic oxidation sites excluding steroid dienone is 1. The maximum atomic E-state index is 12.6. The van der Waals surface area contributed by atoms with E-state index in [0.717, 1.165) is 50.1 Å². The normalized spacial score (nSPS) is 11.5. The van der Waals surface area contributed by atoms with Crippen molar-refractivity contribution in [3.63, 3.8) is 0 Å². The summed E-state index contributed by atoms with van der Waals surface area (Å²) in [6.45, 7) is 4.26. The van der Waals surface area contributed by atoms with Crippen LogP contribution in [0.25, 0.3) is 27.7 Å². The first-order valence-corrected chi connectivity index (χ1v) is 10.6. The molecule has 6 nitrogen and oxygen atoms in total. The number of benzene rings is 2. The lowest BCUT2D eigenvalue weighted by Crippen LogP contribution is -2.20. The SMILES string of the molecule is COc1ccccc1-c1coc2c(C)c(OC)c(/C(C)=C/C(=O)NCc3cccnc3)cc12. The minimum Gasteiger partial charge on any atom is -0.496 e. The average molecular weight is 443 g/mol. The molecule has 0 spiro atoms. The van der Waals surface area contributed by atoms with Gasteiger partial charge in [0.25, 0.3) is 0 Å². The highest BCUT2D eigenvalue weighted by Crippen LogP contribution is 2.42. The van der Waals surface area contributed by atoms with Crippen LogP contribution in [0.15, 0.2) is 71.6 Å². The molecule has 168 valence electrons. The Morgan fingerprint density at radius 1 is 1.12 bits per heavy atom. The van der Waals surface area contributed by atoms with Crippen molar-refractivity contribution in [2.75, 3.05) is 14.2 Å². The molecule has 4 aromatic rings. The second-order valence-corrected chi connectivity index (χ2v) is 7.72. The summed E-state index contributed by atoms with van der Waals surface area (Å²) < 4.78 is 17.2. The number of aryl methyl sites for hydroxylation is 1. The van der Waals surface area contributed by atoms with Gasteiger partial charge in [0, 0.05) is 52.7 Å². The number of aromatic nitrogens is 1. The van der Waals surface area contributed by atoms with E-state index in [9.17, 15) is 4.79 Å². The van der Waals surface area contributed by atoms with Crippen molar-refractivity contribution < 1.29 is 18.7 Å². The smallest absolute Gasteiger partial charge is 0.244 e.